The van der Waals surface area contributed by atoms with Gasteiger partial charge in [0.25, 0.3) is 5.69 Å². The molecule has 0 radical (unpaired) electrons. The van der Waals surface area contributed by atoms with Gasteiger partial charge in [0.1, 0.15) is 5.52 Å². The summed E-state index contributed by atoms with van der Waals surface area (Å²) in [7, 11) is 0. The molecule has 0 aliphatic carbocycles. The molecule has 0 unspecified atom stereocenters. The summed E-state index contributed by atoms with van der Waals surface area (Å²) in [6.07, 6.45) is 1.30. The van der Waals surface area contributed by atoms with Crippen LogP contribution in [-0.2, 0) is 0 Å². The highest BCUT2D eigenvalue weighted by atomic mass is 35.5. The summed E-state index contributed by atoms with van der Waals surface area (Å²) in [6.45, 7) is 0. The molecule has 0 aliphatic heterocycles. The van der Waals surface area contributed by atoms with Crippen LogP contribution in [0.4, 0.5) is 11.4 Å². The SMILES string of the molecule is O=[N+]([O-])c1ccc([O-])c(C=Nc2ccc3oc(-c4ccc(Cl)cc4)nc3c2)c1. The number of halogens is 1. The van der Waals surface area contributed by atoms with E-state index in [2.05, 4.69) is 9.98 Å². The van der Waals surface area contributed by atoms with Gasteiger partial charge in [0.15, 0.2) is 5.58 Å². The lowest BCUT2D eigenvalue weighted by atomic mass is 10.2. The highest BCUT2D eigenvalue weighted by Crippen LogP contribution is 2.28. The molecule has 7 nitrogen and oxygen atoms in total. The monoisotopic (exact) mass is 392 g/mol. The molecule has 0 bridgehead atoms. The van der Waals surface area contributed by atoms with Crippen LogP contribution in [0.25, 0.3) is 22.6 Å². The van der Waals surface area contributed by atoms with E-state index in [0.29, 0.717) is 27.7 Å². The average molecular weight is 393 g/mol. The molecule has 138 valence electrons. The fourth-order valence-electron chi connectivity index (χ4n) is 2.61. The van der Waals surface area contributed by atoms with Crippen molar-refractivity contribution in [3.05, 3.63) is 81.4 Å². The fourth-order valence-corrected chi connectivity index (χ4v) is 2.73. The molecular weight excluding hydrogens is 382 g/mol. The number of aliphatic imine (C=N–C) groups is 1. The van der Waals surface area contributed by atoms with E-state index in [1.165, 1.54) is 18.3 Å². The van der Waals surface area contributed by atoms with Gasteiger partial charge in [-0.25, -0.2) is 4.98 Å². The van der Waals surface area contributed by atoms with Crippen LogP contribution < -0.4 is 5.11 Å². The molecule has 0 atom stereocenters. The molecule has 0 fully saturated rings. The van der Waals surface area contributed by atoms with Crippen LogP contribution in [-0.4, -0.2) is 16.1 Å². The molecule has 0 N–H and O–H groups in total. The molecule has 0 spiro atoms. The number of nitrogens with zero attached hydrogens (tertiary/aromatic N) is 3. The van der Waals surface area contributed by atoms with Gasteiger partial charge in [0.2, 0.25) is 5.89 Å². The molecule has 1 heterocycles. The van der Waals surface area contributed by atoms with Crippen molar-refractivity contribution in [3.8, 4) is 17.2 Å². The first-order valence-corrected chi connectivity index (χ1v) is 8.53. The van der Waals surface area contributed by atoms with Crippen LogP contribution in [0.1, 0.15) is 5.56 Å². The summed E-state index contributed by atoms with van der Waals surface area (Å²) in [6, 6.07) is 15.8. The van der Waals surface area contributed by atoms with Crippen LogP contribution in [0.3, 0.4) is 0 Å². The Hall–Kier alpha value is -3.71. The van der Waals surface area contributed by atoms with Crippen LogP contribution in [0.5, 0.6) is 5.75 Å². The van der Waals surface area contributed by atoms with E-state index < -0.39 is 4.92 Å². The summed E-state index contributed by atoms with van der Waals surface area (Å²) < 4.78 is 5.74. The van der Waals surface area contributed by atoms with Gasteiger partial charge >= 0.3 is 0 Å². The van der Waals surface area contributed by atoms with Crippen LogP contribution in [0.15, 0.2) is 70.1 Å². The topological polar surface area (TPSA) is 105 Å². The largest absolute Gasteiger partial charge is 0.872 e. The van der Waals surface area contributed by atoms with Crippen molar-refractivity contribution in [3.63, 3.8) is 0 Å². The van der Waals surface area contributed by atoms with Crippen molar-refractivity contribution in [2.45, 2.75) is 0 Å². The zero-order valence-corrected chi connectivity index (χ0v) is 15.0. The molecule has 0 saturated carbocycles. The van der Waals surface area contributed by atoms with Crippen molar-refractivity contribution in [1.29, 1.82) is 0 Å². The second-order valence-corrected chi connectivity index (χ2v) is 6.35. The normalized spacial score (nSPS) is 11.3. The summed E-state index contributed by atoms with van der Waals surface area (Å²) in [5.41, 5.74) is 2.48. The number of hydrogen-bond donors (Lipinski definition) is 0. The highest BCUT2D eigenvalue weighted by molar-refractivity contribution is 6.30. The van der Waals surface area contributed by atoms with Gasteiger partial charge in [0.05, 0.1) is 10.6 Å². The number of hydrogen-bond acceptors (Lipinski definition) is 6. The molecule has 4 aromatic rings. The Kier molecular flexibility index (Phi) is 4.50. The second-order valence-electron chi connectivity index (χ2n) is 5.92. The number of non-ortho nitro benzene ring substituents is 1. The third-order valence-electron chi connectivity index (χ3n) is 4.02. The predicted octanol–water partition coefficient (Wildman–Crippen LogP) is 4.88. The Balaban J connectivity index is 1.65. The Morgan fingerprint density at radius 3 is 2.61 bits per heavy atom. The number of oxazole rings is 1. The van der Waals surface area contributed by atoms with Crippen LogP contribution >= 0.6 is 11.6 Å². The number of aromatic nitrogens is 1. The molecule has 1 aromatic heterocycles. The van der Waals surface area contributed by atoms with E-state index in [9.17, 15) is 15.2 Å². The van der Waals surface area contributed by atoms with E-state index >= 15 is 0 Å². The van der Waals surface area contributed by atoms with E-state index in [-0.39, 0.29) is 17.0 Å². The highest BCUT2D eigenvalue weighted by Gasteiger charge is 2.09. The summed E-state index contributed by atoms with van der Waals surface area (Å²) in [4.78, 5) is 19.0. The number of fused-ring (bicyclic) bond motifs is 1. The van der Waals surface area contributed by atoms with E-state index in [4.69, 9.17) is 16.0 Å². The number of benzene rings is 3. The van der Waals surface area contributed by atoms with Crippen molar-refractivity contribution in [2.24, 2.45) is 4.99 Å². The zero-order chi connectivity index (χ0) is 19.7. The zero-order valence-electron chi connectivity index (χ0n) is 14.2. The fraction of sp³-hybridized carbons (Fsp3) is 0. The molecular formula is C20H11ClN3O4-. The number of nitro groups is 1. The van der Waals surface area contributed by atoms with E-state index in [1.54, 1.807) is 30.3 Å². The molecule has 4 rings (SSSR count). The van der Waals surface area contributed by atoms with Crippen molar-refractivity contribution >= 4 is 40.3 Å². The lowest BCUT2D eigenvalue weighted by Crippen LogP contribution is -1.98. The third kappa shape index (κ3) is 3.56. The van der Waals surface area contributed by atoms with Gasteiger partial charge in [-0.15, -0.1) is 0 Å². The minimum Gasteiger partial charge on any atom is -0.872 e. The Bertz CT molecular complexity index is 1220. The van der Waals surface area contributed by atoms with Gasteiger partial charge in [-0.05, 0) is 48.0 Å². The molecule has 3 aromatic carbocycles. The smallest absolute Gasteiger partial charge is 0.270 e. The van der Waals surface area contributed by atoms with Crippen LogP contribution in [0.2, 0.25) is 5.02 Å². The van der Waals surface area contributed by atoms with Gasteiger partial charge in [-0.2, -0.15) is 0 Å². The first-order valence-electron chi connectivity index (χ1n) is 8.16. The Morgan fingerprint density at radius 2 is 1.86 bits per heavy atom. The first-order chi connectivity index (χ1) is 13.5. The summed E-state index contributed by atoms with van der Waals surface area (Å²) in [5, 5.41) is 23.3. The van der Waals surface area contributed by atoms with Crippen molar-refractivity contribution in [2.75, 3.05) is 0 Å². The lowest BCUT2D eigenvalue weighted by Gasteiger charge is -2.08. The molecule has 28 heavy (non-hydrogen) atoms. The second kappa shape index (κ2) is 7.13. The molecule has 0 aliphatic rings. The molecule has 8 heteroatoms. The van der Waals surface area contributed by atoms with Crippen molar-refractivity contribution < 1.29 is 14.4 Å². The van der Waals surface area contributed by atoms with Gasteiger partial charge in [-0.1, -0.05) is 23.4 Å². The minimum absolute atomic E-state index is 0.135. The maximum Gasteiger partial charge on any atom is 0.270 e. The van der Waals surface area contributed by atoms with Crippen molar-refractivity contribution in [1.82, 2.24) is 4.98 Å². The maximum atomic E-state index is 11.9. The minimum atomic E-state index is -0.559. The molecule has 0 amide bonds. The standard InChI is InChI=1S/C20H12ClN3O4/c21-14-3-1-12(2-4-14)20-23-17-10-15(5-8-19(17)28-20)22-11-13-9-16(24(26)27)6-7-18(13)25/h1-11,25H/p-1. The molecule has 0 saturated heterocycles. The van der Waals surface area contributed by atoms with Crippen LogP contribution in [0, 0.1) is 10.1 Å². The average Bonchev–Trinajstić information content (AvgIpc) is 3.11. The van der Waals surface area contributed by atoms with Gasteiger partial charge in [0, 0.05) is 28.9 Å². The summed E-state index contributed by atoms with van der Waals surface area (Å²) >= 11 is 5.90. The number of nitro benzene ring substituents is 1. The first kappa shape index (κ1) is 17.7. The van der Waals surface area contributed by atoms with E-state index in [0.717, 1.165) is 11.6 Å². The Labute approximate surface area is 163 Å². The maximum absolute atomic E-state index is 11.9. The number of rotatable bonds is 4. The Morgan fingerprint density at radius 1 is 1.07 bits per heavy atom. The van der Waals surface area contributed by atoms with E-state index in [1.807, 2.05) is 12.1 Å². The quantitative estimate of drug-likeness (QED) is 0.279. The van der Waals surface area contributed by atoms with Gasteiger partial charge < -0.3 is 9.52 Å². The predicted molar refractivity (Wildman–Crippen MR) is 104 cm³/mol. The van der Waals surface area contributed by atoms with Gasteiger partial charge in [-0.3, -0.25) is 15.1 Å². The summed E-state index contributed by atoms with van der Waals surface area (Å²) in [5.74, 6) is 0.107. The third-order valence-corrected chi connectivity index (χ3v) is 4.27. The lowest BCUT2D eigenvalue weighted by molar-refractivity contribution is -0.385.